The molecule has 1 saturated carbocycles. The molecule has 2 N–H and O–H groups in total. The maximum atomic E-state index is 9.47. The van der Waals surface area contributed by atoms with Crippen molar-refractivity contribution in [2.24, 2.45) is 5.41 Å². The van der Waals surface area contributed by atoms with Crippen molar-refractivity contribution < 1.29 is 5.11 Å². The summed E-state index contributed by atoms with van der Waals surface area (Å²) >= 11 is 0. The molecular formula is C15H23NO. The zero-order valence-electron chi connectivity index (χ0n) is 11.1. The van der Waals surface area contributed by atoms with Crippen molar-refractivity contribution in [2.45, 2.75) is 45.6 Å². The van der Waals surface area contributed by atoms with E-state index in [0.29, 0.717) is 11.2 Å². The molecule has 0 saturated heterocycles. The summed E-state index contributed by atoms with van der Waals surface area (Å²) in [4.78, 5) is 0. The lowest BCUT2D eigenvalue weighted by atomic mass is 9.95. The molecule has 0 unspecified atom stereocenters. The van der Waals surface area contributed by atoms with Crippen molar-refractivity contribution in [2.75, 3.05) is 6.54 Å². The van der Waals surface area contributed by atoms with Gasteiger partial charge in [0.25, 0.3) is 0 Å². The number of hydrogen-bond acceptors (Lipinski definition) is 2. The lowest BCUT2D eigenvalue weighted by Crippen LogP contribution is -2.40. The second-order valence-corrected chi connectivity index (χ2v) is 6.45. The van der Waals surface area contributed by atoms with Gasteiger partial charge in [0.05, 0.1) is 0 Å². The van der Waals surface area contributed by atoms with Crippen molar-refractivity contribution >= 4 is 0 Å². The lowest BCUT2D eigenvalue weighted by Gasteiger charge is -2.25. The molecule has 2 rings (SSSR count). The van der Waals surface area contributed by atoms with Crippen molar-refractivity contribution in [1.29, 1.82) is 0 Å². The number of rotatable bonds is 4. The van der Waals surface area contributed by atoms with Crippen molar-refractivity contribution in [1.82, 2.24) is 5.32 Å². The first-order chi connectivity index (χ1) is 7.89. The fourth-order valence-corrected chi connectivity index (χ4v) is 2.14. The molecule has 0 aromatic heterocycles. The maximum absolute atomic E-state index is 9.47. The monoisotopic (exact) mass is 233 g/mol. The van der Waals surface area contributed by atoms with Gasteiger partial charge in [0, 0.05) is 12.1 Å². The molecule has 2 nitrogen and oxygen atoms in total. The Kier molecular flexibility index (Phi) is 3.17. The molecule has 0 radical (unpaired) electrons. The van der Waals surface area contributed by atoms with Crippen LogP contribution in [0.4, 0.5) is 0 Å². The molecule has 94 valence electrons. The van der Waals surface area contributed by atoms with Crippen molar-refractivity contribution in [3.05, 3.63) is 29.8 Å². The van der Waals surface area contributed by atoms with Crippen molar-refractivity contribution in [3.63, 3.8) is 0 Å². The topological polar surface area (TPSA) is 32.3 Å². The Morgan fingerprint density at radius 1 is 1.29 bits per heavy atom. The van der Waals surface area contributed by atoms with Crippen LogP contribution in [0, 0.1) is 5.41 Å². The van der Waals surface area contributed by atoms with Crippen LogP contribution in [0.2, 0.25) is 0 Å². The second-order valence-electron chi connectivity index (χ2n) is 6.45. The van der Waals surface area contributed by atoms with E-state index in [1.165, 1.54) is 18.4 Å². The highest BCUT2D eigenvalue weighted by Gasteiger charge is 2.42. The van der Waals surface area contributed by atoms with E-state index in [1.54, 1.807) is 6.07 Å². The second kappa shape index (κ2) is 4.34. The van der Waals surface area contributed by atoms with Gasteiger partial charge < -0.3 is 10.4 Å². The van der Waals surface area contributed by atoms with E-state index in [9.17, 15) is 5.11 Å². The van der Waals surface area contributed by atoms with Gasteiger partial charge in [-0.3, -0.25) is 0 Å². The van der Waals surface area contributed by atoms with Gasteiger partial charge in [-0.2, -0.15) is 0 Å². The summed E-state index contributed by atoms with van der Waals surface area (Å²) in [5.74, 6) is 0.377. The third-order valence-corrected chi connectivity index (χ3v) is 3.44. The summed E-state index contributed by atoms with van der Waals surface area (Å²) in [5.41, 5.74) is 1.87. The first kappa shape index (κ1) is 12.4. The quantitative estimate of drug-likeness (QED) is 0.837. The summed E-state index contributed by atoms with van der Waals surface area (Å²) < 4.78 is 0. The third kappa shape index (κ3) is 3.74. The van der Waals surface area contributed by atoms with E-state index in [0.717, 1.165) is 13.0 Å². The summed E-state index contributed by atoms with van der Waals surface area (Å²) in [5, 5.41) is 13.1. The molecule has 1 aromatic carbocycles. The van der Waals surface area contributed by atoms with Crippen LogP contribution in [-0.2, 0) is 6.42 Å². The first-order valence-corrected chi connectivity index (χ1v) is 6.42. The van der Waals surface area contributed by atoms with Crippen LogP contribution in [0.1, 0.15) is 39.2 Å². The minimum atomic E-state index is 0.189. The van der Waals surface area contributed by atoms with E-state index >= 15 is 0 Å². The Balaban J connectivity index is 1.94. The van der Waals surface area contributed by atoms with Crippen LogP contribution in [0.25, 0.3) is 0 Å². The van der Waals surface area contributed by atoms with Crippen LogP contribution in [0.5, 0.6) is 5.75 Å². The Morgan fingerprint density at radius 2 is 2.00 bits per heavy atom. The minimum Gasteiger partial charge on any atom is -0.508 e. The highest BCUT2D eigenvalue weighted by molar-refractivity contribution is 5.28. The zero-order chi connectivity index (χ0) is 12.5. The summed E-state index contributed by atoms with van der Waals surface area (Å²) in [7, 11) is 0. The smallest absolute Gasteiger partial charge is 0.115 e. The average molecular weight is 233 g/mol. The number of benzene rings is 1. The van der Waals surface area contributed by atoms with Gasteiger partial charge in [-0.05, 0) is 63.1 Å². The summed E-state index contributed by atoms with van der Waals surface area (Å²) in [6.07, 6.45) is 3.67. The number of nitrogens with one attached hydrogen (secondary N) is 1. The van der Waals surface area contributed by atoms with Gasteiger partial charge in [0.15, 0.2) is 0 Å². The molecule has 0 heterocycles. The number of hydrogen-bond donors (Lipinski definition) is 2. The van der Waals surface area contributed by atoms with Gasteiger partial charge in [0.1, 0.15) is 5.75 Å². The highest BCUT2D eigenvalue weighted by Crippen LogP contribution is 2.48. The Bertz CT molecular complexity index is 388. The van der Waals surface area contributed by atoms with Gasteiger partial charge >= 0.3 is 0 Å². The van der Waals surface area contributed by atoms with Gasteiger partial charge in [-0.1, -0.05) is 12.1 Å². The Hall–Kier alpha value is -1.02. The Labute approximate surface area is 104 Å². The molecule has 0 amide bonds. The molecule has 17 heavy (non-hydrogen) atoms. The molecule has 2 heteroatoms. The van der Waals surface area contributed by atoms with E-state index in [-0.39, 0.29) is 5.54 Å². The van der Waals surface area contributed by atoms with Crippen LogP contribution in [0.15, 0.2) is 24.3 Å². The fraction of sp³-hybridized carbons (Fsp3) is 0.600. The summed E-state index contributed by atoms with van der Waals surface area (Å²) in [6, 6.07) is 7.66. The SMILES string of the molecule is CC(C)(C)NCC1(Cc2cccc(O)c2)CC1. The Morgan fingerprint density at radius 3 is 2.53 bits per heavy atom. The third-order valence-electron chi connectivity index (χ3n) is 3.44. The van der Waals surface area contributed by atoms with Gasteiger partial charge in [-0.15, -0.1) is 0 Å². The number of aromatic hydroxyl groups is 1. The largest absolute Gasteiger partial charge is 0.508 e. The fourth-order valence-electron chi connectivity index (χ4n) is 2.14. The van der Waals surface area contributed by atoms with Crippen LogP contribution >= 0.6 is 0 Å². The molecule has 0 atom stereocenters. The summed E-state index contributed by atoms with van der Waals surface area (Å²) in [6.45, 7) is 7.69. The lowest BCUT2D eigenvalue weighted by molar-refractivity contribution is 0.356. The highest BCUT2D eigenvalue weighted by atomic mass is 16.3. The molecule has 0 bridgehead atoms. The van der Waals surface area contributed by atoms with E-state index < -0.39 is 0 Å². The minimum absolute atomic E-state index is 0.189. The molecule has 1 aromatic rings. The molecule has 1 fully saturated rings. The number of phenols is 1. The maximum Gasteiger partial charge on any atom is 0.115 e. The molecule has 1 aliphatic carbocycles. The van der Waals surface area contributed by atoms with Gasteiger partial charge in [-0.25, -0.2) is 0 Å². The van der Waals surface area contributed by atoms with Crippen LogP contribution in [0.3, 0.4) is 0 Å². The van der Waals surface area contributed by atoms with Crippen molar-refractivity contribution in [3.8, 4) is 5.75 Å². The normalized spacial score (nSPS) is 18.1. The predicted molar refractivity (Wildman–Crippen MR) is 71.2 cm³/mol. The zero-order valence-corrected chi connectivity index (χ0v) is 11.1. The molecular weight excluding hydrogens is 210 g/mol. The first-order valence-electron chi connectivity index (χ1n) is 6.42. The standard InChI is InChI=1S/C15H23NO/c1-14(2,3)16-11-15(7-8-15)10-12-5-4-6-13(17)9-12/h4-6,9,16-17H,7-8,10-11H2,1-3H3. The van der Waals surface area contributed by atoms with E-state index in [4.69, 9.17) is 0 Å². The van der Waals surface area contributed by atoms with E-state index in [2.05, 4.69) is 32.2 Å². The average Bonchev–Trinajstić information content (AvgIpc) is 2.95. The van der Waals surface area contributed by atoms with Crippen LogP contribution < -0.4 is 5.32 Å². The molecule has 0 spiro atoms. The molecule has 0 aliphatic heterocycles. The van der Waals surface area contributed by atoms with Gasteiger partial charge in [0.2, 0.25) is 0 Å². The van der Waals surface area contributed by atoms with E-state index in [1.807, 2.05) is 12.1 Å². The number of phenolic OH excluding ortho intramolecular Hbond substituents is 1. The predicted octanol–water partition coefficient (Wildman–Crippen LogP) is 3.10. The molecule has 1 aliphatic rings. The van der Waals surface area contributed by atoms with Crippen LogP contribution in [-0.4, -0.2) is 17.2 Å².